The molecule has 0 N–H and O–H groups in total. The zero-order valence-corrected chi connectivity index (χ0v) is 21.9. The van der Waals surface area contributed by atoms with Crippen LogP contribution < -0.4 is 4.90 Å². The number of hydrogen-bond acceptors (Lipinski definition) is 7. The van der Waals surface area contributed by atoms with Gasteiger partial charge in [0.25, 0.3) is 0 Å². The van der Waals surface area contributed by atoms with Crippen LogP contribution in [-0.4, -0.2) is 25.6 Å². The first-order chi connectivity index (χ1) is 15.4. The summed E-state index contributed by atoms with van der Waals surface area (Å²) in [6.45, 7) is 12.3. The van der Waals surface area contributed by atoms with Gasteiger partial charge in [-0.1, -0.05) is 33.3 Å². The van der Waals surface area contributed by atoms with E-state index in [0.29, 0.717) is 6.54 Å². The molecule has 4 rings (SSSR count). The van der Waals surface area contributed by atoms with Crippen LogP contribution in [0.1, 0.15) is 57.7 Å². The van der Waals surface area contributed by atoms with E-state index in [1.165, 1.54) is 16.4 Å². The molecule has 4 aromatic rings. The van der Waals surface area contributed by atoms with E-state index in [4.69, 9.17) is 9.11 Å². The molecular formula is C23H30N4O2S3. The molecular weight excluding hydrogens is 460 g/mol. The Labute approximate surface area is 201 Å². The Hall–Kier alpha value is -2.23. The maximum Gasteiger partial charge on any atom is 0.415 e. The first kappa shape index (κ1) is 24.4. The van der Waals surface area contributed by atoms with Gasteiger partial charge in [0.05, 0.1) is 23.3 Å². The summed E-state index contributed by atoms with van der Waals surface area (Å²) in [5.41, 5.74) is 1.41. The summed E-state index contributed by atoms with van der Waals surface area (Å²) in [5.74, 6) is 0. The monoisotopic (exact) mass is 490 g/mol. The molecule has 0 saturated heterocycles. The van der Waals surface area contributed by atoms with Crippen molar-refractivity contribution in [1.29, 1.82) is 0 Å². The fraction of sp³-hybridized carbons (Fsp3) is 0.435. The van der Waals surface area contributed by atoms with Crippen molar-refractivity contribution in [3.8, 4) is 5.69 Å². The number of aryl methyl sites for hydroxylation is 1. The summed E-state index contributed by atoms with van der Waals surface area (Å²) >= 11 is 4.69. The molecule has 6 nitrogen and oxygen atoms in total. The average molecular weight is 491 g/mol. The second kappa shape index (κ2) is 10.6. The maximum atomic E-state index is 13.1. The third kappa shape index (κ3) is 5.39. The lowest BCUT2D eigenvalue weighted by Crippen LogP contribution is -2.36. The molecule has 172 valence electrons. The molecule has 32 heavy (non-hydrogen) atoms. The normalized spacial score (nSPS) is 11.3. The van der Waals surface area contributed by atoms with Gasteiger partial charge < -0.3 is 9.30 Å². The molecule has 0 bridgehead atoms. The molecule has 0 spiro atoms. The van der Waals surface area contributed by atoms with Gasteiger partial charge in [0.2, 0.25) is 0 Å². The van der Waals surface area contributed by atoms with E-state index in [1.807, 2.05) is 62.9 Å². The van der Waals surface area contributed by atoms with Crippen molar-refractivity contribution in [2.24, 2.45) is 0 Å². The van der Waals surface area contributed by atoms with E-state index in [0.717, 1.165) is 38.6 Å². The fourth-order valence-corrected chi connectivity index (χ4v) is 6.19. The van der Waals surface area contributed by atoms with Gasteiger partial charge in [0.1, 0.15) is 16.1 Å². The Morgan fingerprint density at radius 1 is 1.28 bits per heavy atom. The van der Waals surface area contributed by atoms with E-state index < -0.39 is 5.60 Å². The number of rotatable bonds is 6. The van der Waals surface area contributed by atoms with E-state index in [1.54, 1.807) is 40.1 Å². The average Bonchev–Trinajstić information content (AvgIpc) is 3.52. The quantitative estimate of drug-likeness (QED) is 0.280. The first-order valence-electron chi connectivity index (χ1n) is 10.8. The molecule has 9 heteroatoms. The van der Waals surface area contributed by atoms with Crippen LogP contribution >= 0.6 is 34.2 Å². The largest absolute Gasteiger partial charge is 0.443 e. The predicted molar refractivity (Wildman–Crippen MR) is 137 cm³/mol. The van der Waals surface area contributed by atoms with Crippen LogP contribution in [0.25, 0.3) is 15.9 Å². The number of ether oxygens (including phenoxy) is 1. The fourth-order valence-electron chi connectivity index (χ4n) is 3.14. The summed E-state index contributed by atoms with van der Waals surface area (Å²) in [5, 5.41) is 2.85. The van der Waals surface area contributed by atoms with E-state index in [2.05, 4.69) is 11.9 Å². The summed E-state index contributed by atoms with van der Waals surface area (Å²) in [6, 6.07) is 4.03. The Morgan fingerprint density at radius 3 is 2.66 bits per heavy atom. The number of thiophene rings is 2. The number of nitrogens with zero attached hydrogens (tertiary/aromatic N) is 4. The zero-order chi connectivity index (χ0) is 23.3. The molecule has 0 unspecified atom stereocenters. The predicted octanol–water partition coefficient (Wildman–Crippen LogP) is 7.53. The number of anilines is 1. The Bertz CT molecular complexity index is 1120. The maximum absolute atomic E-state index is 13.1. The van der Waals surface area contributed by atoms with Crippen molar-refractivity contribution >= 4 is 55.5 Å². The molecule has 0 radical (unpaired) electrons. The van der Waals surface area contributed by atoms with Crippen molar-refractivity contribution in [3.05, 3.63) is 46.0 Å². The Balaban J connectivity index is 0.00000141. The first-order valence-corrected chi connectivity index (χ1v) is 13.3. The van der Waals surface area contributed by atoms with Gasteiger partial charge in [-0.25, -0.2) is 9.78 Å². The van der Waals surface area contributed by atoms with Gasteiger partial charge in [-0.2, -0.15) is 4.37 Å². The molecule has 4 heterocycles. The van der Waals surface area contributed by atoms with Gasteiger partial charge >= 0.3 is 6.09 Å². The lowest BCUT2D eigenvalue weighted by Gasteiger charge is -2.26. The topological polar surface area (TPSA) is 60.3 Å². The van der Waals surface area contributed by atoms with Crippen LogP contribution in [0.5, 0.6) is 0 Å². The molecule has 1 amide bonds. The van der Waals surface area contributed by atoms with Crippen LogP contribution in [0, 0.1) is 0 Å². The number of aromatic nitrogens is 3. The minimum atomic E-state index is -0.570. The van der Waals surface area contributed by atoms with Crippen LogP contribution in [0.3, 0.4) is 0 Å². The van der Waals surface area contributed by atoms with Crippen molar-refractivity contribution in [2.45, 2.75) is 66.5 Å². The molecule has 0 saturated carbocycles. The molecule has 0 aliphatic rings. The van der Waals surface area contributed by atoms with Crippen molar-refractivity contribution in [2.75, 3.05) is 4.90 Å². The standard InChI is InChI=1S/C21H24N4O2S3.C2H6/c1-5-7-15-17(24-10-9-22-13-24)16-18(29-15)19(30-23-16)25(12-14-8-6-11-28-14)20(26)27-21(2,3)4;1-2/h6,8-11,13H,5,7,12H2,1-4H3;1-2H3. The second-order valence-corrected chi connectivity index (χ2v) is 10.8. The minimum absolute atomic E-state index is 0.351. The summed E-state index contributed by atoms with van der Waals surface area (Å²) in [6.07, 6.45) is 7.16. The Kier molecular flexibility index (Phi) is 8.08. The zero-order valence-electron chi connectivity index (χ0n) is 19.4. The van der Waals surface area contributed by atoms with E-state index in [-0.39, 0.29) is 6.09 Å². The number of amides is 1. The van der Waals surface area contributed by atoms with Gasteiger partial charge in [0, 0.05) is 22.1 Å². The third-order valence-electron chi connectivity index (χ3n) is 4.34. The number of carbonyl (C=O) groups is 1. The van der Waals surface area contributed by atoms with E-state index in [9.17, 15) is 4.79 Å². The molecule has 0 aliphatic carbocycles. The highest BCUT2D eigenvalue weighted by atomic mass is 32.1. The van der Waals surface area contributed by atoms with Crippen LogP contribution in [-0.2, 0) is 17.7 Å². The number of hydrogen-bond donors (Lipinski definition) is 0. The highest BCUT2D eigenvalue weighted by Crippen LogP contribution is 2.43. The van der Waals surface area contributed by atoms with Crippen LogP contribution in [0.4, 0.5) is 9.80 Å². The summed E-state index contributed by atoms with van der Waals surface area (Å²) < 4.78 is 13.5. The number of fused-ring (bicyclic) bond motifs is 1. The molecule has 0 atom stereocenters. The van der Waals surface area contributed by atoms with Crippen molar-refractivity contribution in [1.82, 2.24) is 13.9 Å². The summed E-state index contributed by atoms with van der Waals surface area (Å²) in [4.78, 5) is 21.4. The molecule has 0 aromatic carbocycles. The second-order valence-electron chi connectivity index (χ2n) is 7.91. The highest BCUT2D eigenvalue weighted by molar-refractivity contribution is 7.25. The Morgan fingerprint density at radius 2 is 2.06 bits per heavy atom. The van der Waals surface area contributed by atoms with Gasteiger partial charge in [0.15, 0.2) is 0 Å². The van der Waals surface area contributed by atoms with Crippen LogP contribution in [0.15, 0.2) is 36.2 Å². The molecule has 0 aliphatic heterocycles. The SMILES string of the molecule is CC.CCCc1sc2c(N(Cc3cccs3)C(=O)OC(C)(C)C)snc2c1-n1ccnc1. The summed E-state index contributed by atoms with van der Waals surface area (Å²) in [7, 11) is 0. The van der Waals surface area contributed by atoms with Crippen molar-refractivity contribution < 1.29 is 9.53 Å². The van der Waals surface area contributed by atoms with E-state index >= 15 is 0 Å². The van der Waals surface area contributed by atoms with Gasteiger partial charge in [-0.3, -0.25) is 4.90 Å². The van der Waals surface area contributed by atoms with Gasteiger partial charge in [-0.05, 0) is 50.2 Å². The lowest BCUT2D eigenvalue weighted by molar-refractivity contribution is 0.0579. The number of carbonyl (C=O) groups excluding carboxylic acids is 1. The molecule has 4 aromatic heterocycles. The third-order valence-corrected chi connectivity index (χ3v) is 7.44. The smallest absolute Gasteiger partial charge is 0.415 e. The van der Waals surface area contributed by atoms with Crippen LogP contribution in [0.2, 0.25) is 0 Å². The highest BCUT2D eigenvalue weighted by Gasteiger charge is 2.29. The molecule has 0 fully saturated rings. The minimum Gasteiger partial charge on any atom is -0.443 e. The number of imidazole rings is 1. The van der Waals surface area contributed by atoms with Crippen molar-refractivity contribution in [3.63, 3.8) is 0 Å². The lowest BCUT2D eigenvalue weighted by atomic mass is 10.2. The van der Waals surface area contributed by atoms with Gasteiger partial charge in [-0.15, -0.1) is 22.7 Å².